The van der Waals surface area contributed by atoms with Crippen molar-refractivity contribution in [2.75, 3.05) is 47.0 Å². The van der Waals surface area contributed by atoms with Crippen LogP contribution in [0.2, 0.25) is 0 Å². The van der Waals surface area contributed by atoms with Crippen LogP contribution in [-0.4, -0.2) is 73.2 Å². The molecule has 1 aliphatic heterocycles. The minimum absolute atomic E-state index is 0.0251. The SMILES string of the molecule is CN=C(NCc1ccn(-c2ccc(OC)cc2)n1)NCC(C)(C)N1CCOCC1. The van der Waals surface area contributed by atoms with Gasteiger partial charge in [-0.05, 0) is 44.2 Å². The van der Waals surface area contributed by atoms with Gasteiger partial charge in [0, 0.05) is 38.4 Å². The summed E-state index contributed by atoms with van der Waals surface area (Å²) >= 11 is 0. The number of morpholine rings is 1. The molecule has 0 radical (unpaired) electrons. The molecule has 29 heavy (non-hydrogen) atoms. The third-order valence-electron chi connectivity index (χ3n) is 5.20. The predicted molar refractivity (Wildman–Crippen MR) is 115 cm³/mol. The maximum atomic E-state index is 5.46. The molecule has 0 spiro atoms. The van der Waals surface area contributed by atoms with Gasteiger partial charge in [0.1, 0.15) is 5.75 Å². The number of benzene rings is 1. The molecule has 0 atom stereocenters. The number of nitrogens with one attached hydrogen (secondary N) is 2. The summed E-state index contributed by atoms with van der Waals surface area (Å²) in [4.78, 5) is 6.79. The predicted octanol–water partition coefficient (Wildman–Crippen LogP) is 1.66. The van der Waals surface area contributed by atoms with Gasteiger partial charge in [-0.1, -0.05) is 0 Å². The third-order valence-corrected chi connectivity index (χ3v) is 5.20. The van der Waals surface area contributed by atoms with Crippen LogP contribution in [-0.2, 0) is 11.3 Å². The molecule has 3 rings (SSSR count). The number of aliphatic imine (C=N–C) groups is 1. The van der Waals surface area contributed by atoms with Crippen molar-refractivity contribution in [2.45, 2.75) is 25.9 Å². The van der Waals surface area contributed by atoms with Crippen molar-refractivity contribution in [3.8, 4) is 11.4 Å². The molecule has 0 unspecified atom stereocenters. The maximum absolute atomic E-state index is 5.46. The number of hydrogen-bond donors (Lipinski definition) is 2. The lowest BCUT2D eigenvalue weighted by Gasteiger charge is -2.41. The Labute approximate surface area is 172 Å². The van der Waals surface area contributed by atoms with E-state index in [-0.39, 0.29) is 5.54 Å². The number of ether oxygens (including phenoxy) is 2. The molecule has 1 aromatic heterocycles. The van der Waals surface area contributed by atoms with Crippen molar-refractivity contribution >= 4 is 5.96 Å². The van der Waals surface area contributed by atoms with E-state index >= 15 is 0 Å². The largest absolute Gasteiger partial charge is 0.497 e. The van der Waals surface area contributed by atoms with E-state index in [9.17, 15) is 0 Å². The first kappa shape index (κ1) is 21.1. The summed E-state index contributed by atoms with van der Waals surface area (Å²) in [6, 6.07) is 9.82. The first-order valence-electron chi connectivity index (χ1n) is 9.98. The minimum Gasteiger partial charge on any atom is -0.497 e. The number of guanidine groups is 1. The second-order valence-corrected chi connectivity index (χ2v) is 7.64. The Morgan fingerprint density at radius 3 is 2.55 bits per heavy atom. The highest BCUT2D eigenvalue weighted by Gasteiger charge is 2.28. The summed E-state index contributed by atoms with van der Waals surface area (Å²) in [5.74, 6) is 1.60. The van der Waals surface area contributed by atoms with Gasteiger partial charge in [-0.15, -0.1) is 0 Å². The lowest BCUT2D eigenvalue weighted by Crippen LogP contribution is -2.56. The summed E-state index contributed by atoms with van der Waals surface area (Å²) in [6.07, 6.45) is 1.95. The zero-order chi connectivity index (χ0) is 20.7. The van der Waals surface area contributed by atoms with E-state index in [1.54, 1.807) is 14.2 Å². The Morgan fingerprint density at radius 2 is 1.90 bits per heavy atom. The first-order valence-corrected chi connectivity index (χ1v) is 9.98. The molecule has 1 fully saturated rings. The van der Waals surface area contributed by atoms with Crippen LogP contribution in [0, 0.1) is 0 Å². The van der Waals surface area contributed by atoms with Gasteiger partial charge >= 0.3 is 0 Å². The lowest BCUT2D eigenvalue weighted by molar-refractivity contribution is -0.00834. The topological polar surface area (TPSA) is 75.9 Å². The van der Waals surface area contributed by atoms with Crippen molar-refractivity contribution in [1.82, 2.24) is 25.3 Å². The number of aromatic nitrogens is 2. The highest BCUT2D eigenvalue weighted by Crippen LogP contribution is 2.16. The van der Waals surface area contributed by atoms with Crippen LogP contribution < -0.4 is 15.4 Å². The fourth-order valence-corrected chi connectivity index (χ4v) is 3.31. The number of hydrogen-bond acceptors (Lipinski definition) is 5. The van der Waals surface area contributed by atoms with Crippen molar-refractivity contribution in [3.05, 3.63) is 42.2 Å². The molecule has 2 aromatic rings. The van der Waals surface area contributed by atoms with Gasteiger partial charge in [-0.25, -0.2) is 4.68 Å². The molecule has 158 valence electrons. The monoisotopic (exact) mass is 400 g/mol. The van der Waals surface area contributed by atoms with Crippen LogP contribution in [0.1, 0.15) is 19.5 Å². The smallest absolute Gasteiger partial charge is 0.191 e. The van der Waals surface area contributed by atoms with Crippen molar-refractivity contribution in [1.29, 1.82) is 0 Å². The fraction of sp³-hybridized carbons (Fsp3) is 0.524. The van der Waals surface area contributed by atoms with Crippen LogP contribution in [0.4, 0.5) is 0 Å². The standard InChI is InChI=1S/C21H32N6O2/c1-21(2,26-11-13-29-14-12-26)16-24-20(22-3)23-15-17-9-10-27(25-17)18-5-7-19(28-4)8-6-18/h5-10H,11-16H2,1-4H3,(H2,22,23,24). The molecule has 1 aromatic carbocycles. The summed E-state index contributed by atoms with van der Waals surface area (Å²) in [7, 11) is 3.45. The Morgan fingerprint density at radius 1 is 1.17 bits per heavy atom. The van der Waals surface area contributed by atoms with E-state index in [0.29, 0.717) is 6.54 Å². The molecule has 8 nitrogen and oxygen atoms in total. The molecule has 0 aliphatic carbocycles. The number of rotatable bonds is 7. The van der Waals surface area contributed by atoms with Gasteiger partial charge < -0.3 is 20.1 Å². The Hall–Kier alpha value is -2.58. The van der Waals surface area contributed by atoms with Crippen molar-refractivity contribution in [2.24, 2.45) is 4.99 Å². The Bertz CT molecular complexity index is 794. The highest BCUT2D eigenvalue weighted by molar-refractivity contribution is 5.79. The molecule has 0 bridgehead atoms. The Kier molecular flexibility index (Phi) is 7.11. The first-order chi connectivity index (χ1) is 14.0. The number of nitrogens with zero attached hydrogens (tertiary/aromatic N) is 4. The third kappa shape index (κ3) is 5.71. The van der Waals surface area contributed by atoms with Crippen molar-refractivity contribution in [3.63, 3.8) is 0 Å². The fourth-order valence-electron chi connectivity index (χ4n) is 3.31. The molecule has 1 aliphatic rings. The van der Waals surface area contributed by atoms with Gasteiger partial charge in [0.15, 0.2) is 5.96 Å². The van der Waals surface area contributed by atoms with Gasteiger partial charge in [-0.2, -0.15) is 5.10 Å². The number of methoxy groups -OCH3 is 1. The molecule has 2 heterocycles. The zero-order valence-electron chi connectivity index (χ0n) is 17.8. The van der Waals surface area contributed by atoms with E-state index in [1.807, 2.05) is 41.2 Å². The van der Waals surface area contributed by atoms with Crippen molar-refractivity contribution < 1.29 is 9.47 Å². The van der Waals surface area contributed by atoms with E-state index in [2.05, 4.69) is 39.5 Å². The zero-order valence-corrected chi connectivity index (χ0v) is 17.8. The highest BCUT2D eigenvalue weighted by atomic mass is 16.5. The molecular formula is C21H32N6O2. The second-order valence-electron chi connectivity index (χ2n) is 7.64. The van der Waals surface area contributed by atoms with Crippen LogP contribution in [0.3, 0.4) is 0 Å². The van der Waals surface area contributed by atoms with Gasteiger partial charge in [-0.3, -0.25) is 9.89 Å². The summed E-state index contributed by atoms with van der Waals surface area (Å²) in [5.41, 5.74) is 1.96. The van der Waals surface area contributed by atoms with Crippen LogP contribution in [0.15, 0.2) is 41.5 Å². The average molecular weight is 401 g/mol. The molecule has 0 saturated carbocycles. The molecule has 8 heteroatoms. The second kappa shape index (κ2) is 9.76. The Balaban J connectivity index is 1.51. The molecule has 2 N–H and O–H groups in total. The summed E-state index contributed by atoms with van der Waals surface area (Å²) in [5, 5.41) is 11.4. The van der Waals surface area contributed by atoms with Crippen LogP contribution in [0.5, 0.6) is 5.75 Å². The van der Waals surface area contributed by atoms with Gasteiger partial charge in [0.25, 0.3) is 0 Å². The van der Waals surface area contributed by atoms with Crippen LogP contribution in [0.25, 0.3) is 5.69 Å². The van der Waals surface area contributed by atoms with Crippen LogP contribution >= 0.6 is 0 Å². The molecule has 0 amide bonds. The molecule has 1 saturated heterocycles. The van der Waals surface area contributed by atoms with Gasteiger partial charge in [0.05, 0.1) is 38.2 Å². The quantitative estimate of drug-likeness (QED) is 0.544. The van der Waals surface area contributed by atoms with E-state index < -0.39 is 0 Å². The van der Waals surface area contributed by atoms with Gasteiger partial charge in [0.2, 0.25) is 0 Å². The average Bonchev–Trinajstić information content (AvgIpc) is 3.23. The summed E-state index contributed by atoms with van der Waals surface area (Å²) in [6.45, 7) is 9.41. The minimum atomic E-state index is 0.0251. The van der Waals surface area contributed by atoms with E-state index in [0.717, 1.165) is 55.9 Å². The lowest BCUT2D eigenvalue weighted by atomic mass is 10.0. The molecular weight excluding hydrogens is 368 g/mol. The van der Waals surface area contributed by atoms with E-state index in [4.69, 9.17) is 9.47 Å². The summed E-state index contributed by atoms with van der Waals surface area (Å²) < 4.78 is 12.5. The van der Waals surface area contributed by atoms with E-state index in [1.165, 1.54) is 0 Å². The maximum Gasteiger partial charge on any atom is 0.191 e. The normalized spacial score (nSPS) is 15.9.